The molecule has 19 heavy (non-hydrogen) atoms. The van der Waals surface area contributed by atoms with Gasteiger partial charge in [0.15, 0.2) is 6.29 Å². The van der Waals surface area contributed by atoms with Crippen LogP contribution in [0.4, 0.5) is 0 Å². The van der Waals surface area contributed by atoms with Crippen molar-refractivity contribution < 1.29 is 4.79 Å². The smallest absolute Gasteiger partial charge is 0.166 e. The lowest BCUT2D eigenvalue weighted by Gasteiger charge is -2.13. The minimum Gasteiger partial charge on any atom is -0.338 e. The first-order valence-electron chi connectivity index (χ1n) is 6.48. The maximum Gasteiger partial charge on any atom is 0.166 e. The van der Waals surface area contributed by atoms with Crippen molar-refractivity contribution in [2.75, 3.05) is 0 Å². The Morgan fingerprint density at radius 1 is 1.16 bits per heavy atom. The standard InChI is InChI=1S/C16H18ClNO/c1-12(2)9-15-7-8-16(11-19)18(15)10-13-3-5-14(17)6-4-13/h3-8,11-12H,9-10H2,1-2H3. The summed E-state index contributed by atoms with van der Waals surface area (Å²) in [4.78, 5) is 11.1. The second-order valence-electron chi connectivity index (χ2n) is 5.18. The van der Waals surface area contributed by atoms with Crippen molar-refractivity contribution in [3.63, 3.8) is 0 Å². The maximum atomic E-state index is 11.1. The summed E-state index contributed by atoms with van der Waals surface area (Å²) in [6.07, 6.45) is 1.89. The van der Waals surface area contributed by atoms with E-state index in [0.717, 1.165) is 29.0 Å². The highest BCUT2D eigenvalue weighted by molar-refractivity contribution is 6.30. The molecule has 3 heteroatoms. The number of rotatable bonds is 5. The lowest BCUT2D eigenvalue weighted by molar-refractivity contribution is 0.111. The second kappa shape index (κ2) is 6.07. The molecule has 2 aromatic rings. The zero-order valence-electron chi connectivity index (χ0n) is 11.3. The number of aromatic nitrogens is 1. The van der Waals surface area contributed by atoms with E-state index in [1.54, 1.807) is 0 Å². The van der Waals surface area contributed by atoms with E-state index in [-0.39, 0.29) is 0 Å². The van der Waals surface area contributed by atoms with E-state index in [9.17, 15) is 4.79 Å². The molecule has 2 rings (SSSR count). The van der Waals surface area contributed by atoms with E-state index in [4.69, 9.17) is 11.6 Å². The lowest BCUT2D eigenvalue weighted by Crippen LogP contribution is -2.09. The Bertz CT molecular complexity index is 555. The molecule has 0 saturated carbocycles. The van der Waals surface area contributed by atoms with Gasteiger partial charge in [-0.2, -0.15) is 0 Å². The largest absolute Gasteiger partial charge is 0.338 e. The van der Waals surface area contributed by atoms with Gasteiger partial charge in [0.2, 0.25) is 0 Å². The van der Waals surface area contributed by atoms with Gasteiger partial charge in [0.05, 0.1) is 5.69 Å². The molecule has 0 aliphatic heterocycles. The van der Waals surface area contributed by atoms with Crippen LogP contribution >= 0.6 is 11.6 Å². The fraction of sp³-hybridized carbons (Fsp3) is 0.312. The molecule has 0 bridgehead atoms. The summed E-state index contributed by atoms with van der Waals surface area (Å²) >= 11 is 5.89. The molecule has 0 radical (unpaired) electrons. The van der Waals surface area contributed by atoms with E-state index in [1.807, 2.05) is 36.4 Å². The monoisotopic (exact) mass is 275 g/mol. The van der Waals surface area contributed by atoms with Gasteiger partial charge < -0.3 is 4.57 Å². The van der Waals surface area contributed by atoms with Crippen LogP contribution in [0.1, 0.15) is 35.6 Å². The molecule has 1 heterocycles. The van der Waals surface area contributed by atoms with Crippen LogP contribution < -0.4 is 0 Å². The van der Waals surface area contributed by atoms with E-state index in [0.29, 0.717) is 12.5 Å². The third-order valence-electron chi connectivity index (χ3n) is 3.10. The van der Waals surface area contributed by atoms with Crippen LogP contribution in [0.3, 0.4) is 0 Å². The Labute approximate surface area is 119 Å². The molecule has 0 amide bonds. The van der Waals surface area contributed by atoms with Crippen LogP contribution in [0.5, 0.6) is 0 Å². The topological polar surface area (TPSA) is 22.0 Å². The zero-order valence-corrected chi connectivity index (χ0v) is 12.0. The van der Waals surface area contributed by atoms with Crippen molar-refractivity contribution in [3.8, 4) is 0 Å². The minimum atomic E-state index is 0.568. The Morgan fingerprint density at radius 3 is 2.42 bits per heavy atom. The van der Waals surface area contributed by atoms with Gasteiger partial charge in [-0.1, -0.05) is 37.6 Å². The summed E-state index contributed by atoms with van der Waals surface area (Å²) in [5.41, 5.74) is 3.08. The molecule has 0 aliphatic rings. The van der Waals surface area contributed by atoms with Crippen molar-refractivity contribution in [2.24, 2.45) is 5.92 Å². The Kier molecular flexibility index (Phi) is 4.43. The number of hydrogen-bond donors (Lipinski definition) is 0. The van der Waals surface area contributed by atoms with Crippen molar-refractivity contribution in [3.05, 3.63) is 58.4 Å². The average molecular weight is 276 g/mol. The molecule has 0 aliphatic carbocycles. The van der Waals surface area contributed by atoms with Crippen molar-refractivity contribution in [1.29, 1.82) is 0 Å². The third-order valence-corrected chi connectivity index (χ3v) is 3.35. The minimum absolute atomic E-state index is 0.568. The fourth-order valence-electron chi connectivity index (χ4n) is 2.19. The second-order valence-corrected chi connectivity index (χ2v) is 5.61. The predicted molar refractivity (Wildman–Crippen MR) is 78.9 cm³/mol. The summed E-state index contributed by atoms with van der Waals surface area (Å²) in [5, 5.41) is 0.731. The van der Waals surface area contributed by atoms with Crippen LogP contribution in [0, 0.1) is 5.92 Å². The molecule has 0 N–H and O–H groups in total. The molecule has 1 aromatic heterocycles. The molecule has 0 spiro atoms. The highest BCUT2D eigenvalue weighted by Gasteiger charge is 2.09. The first-order valence-corrected chi connectivity index (χ1v) is 6.86. The molecule has 100 valence electrons. The summed E-state index contributed by atoms with van der Waals surface area (Å²) in [7, 11) is 0. The number of benzene rings is 1. The van der Waals surface area contributed by atoms with Gasteiger partial charge in [-0.3, -0.25) is 4.79 Å². The van der Waals surface area contributed by atoms with Gasteiger partial charge in [-0.05, 0) is 42.2 Å². The number of carbonyl (C=O) groups excluding carboxylic acids is 1. The van der Waals surface area contributed by atoms with Crippen molar-refractivity contribution in [1.82, 2.24) is 4.57 Å². The summed E-state index contributed by atoms with van der Waals surface area (Å²) in [6.45, 7) is 5.07. The Morgan fingerprint density at radius 2 is 1.84 bits per heavy atom. The number of hydrogen-bond acceptors (Lipinski definition) is 1. The number of nitrogens with zero attached hydrogens (tertiary/aromatic N) is 1. The third kappa shape index (κ3) is 3.48. The van der Waals surface area contributed by atoms with Gasteiger partial charge in [0.25, 0.3) is 0 Å². The van der Waals surface area contributed by atoms with Crippen LogP contribution in [0.15, 0.2) is 36.4 Å². The molecular formula is C16H18ClNO. The molecule has 0 atom stereocenters. The summed E-state index contributed by atoms with van der Waals surface area (Å²) in [6, 6.07) is 11.7. The SMILES string of the molecule is CC(C)Cc1ccc(C=O)n1Cc1ccc(Cl)cc1. The number of carbonyl (C=O) groups is 1. The van der Waals surface area contributed by atoms with Gasteiger partial charge in [0, 0.05) is 17.3 Å². The van der Waals surface area contributed by atoms with Crippen LogP contribution in [-0.2, 0) is 13.0 Å². The molecule has 0 fully saturated rings. The quantitative estimate of drug-likeness (QED) is 0.750. The zero-order chi connectivity index (χ0) is 13.8. The van der Waals surface area contributed by atoms with E-state index in [1.165, 1.54) is 5.69 Å². The summed E-state index contributed by atoms with van der Waals surface area (Å²) in [5.74, 6) is 0.568. The van der Waals surface area contributed by atoms with Crippen molar-refractivity contribution >= 4 is 17.9 Å². The van der Waals surface area contributed by atoms with Gasteiger partial charge in [-0.15, -0.1) is 0 Å². The van der Waals surface area contributed by atoms with Crippen LogP contribution in [0.2, 0.25) is 5.02 Å². The molecular weight excluding hydrogens is 258 g/mol. The van der Waals surface area contributed by atoms with E-state index < -0.39 is 0 Å². The predicted octanol–water partition coefficient (Wildman–Crippen LogP) is 4.20. The summed E-state index contributed by atoms with van der Waals surface area (Å²) < 4.78 is 2.08. The Balaban J connectivity index is 2.29. The average Bonchev–Trinajstić information content (AvgIpc) is 2.74. The number of halogens is 1. The lowest BCUT2D eigenvalue weighted by atomic mass is 10.1. The highest BCUT2D eigenvalue weighted by Crippen LogP contribution is 2.17. The normalized spacial score (nSPS) is 10.9. The van der Waals surface area contributed by atoms with Crippen LogP contribution in [-0.4, -0.2) is 10.9 Å². The van der Waals surface area contributed by atoms with Gasteiger partial charge >= 0.3 is 0 Å². The molecule has 0 unspecified atom stereocenters. The van der Waals surface area contributed by atoms with Crippen molar-refractivity contribution in [2.45, 2.75) is 26.8 Å². The van der Waals surface area contributed by atoms with E-state index >= 15 is 0 Å². The maximum absolute atomic E-state index is 11.1. The van der Waals surface area contributed by atoms with E-state index in [2.05, 4.69) is 18.4 Å². The number of aldehydes is 1. The molecule has 1 aromatic carbocycles. The van der Waals surface area contributed by atoms with Crippen LogP contribution in [0.25, 0.3) is 0 Å². The molecule has 0 saturated heterocycles. The molecule has 2 nitrogen and oxygen atoms in total. The first-order chi connectivity index (χ1) is 9.10. The van der Waals surface area contributed by atoms with Gasteiger partial charge in [-0.25, -0.2) is 0 Å². The fourth-order valence-corrected chi connectivity index (χ4v) is 2.32. The highest BCUT2D eigenvalue weighted by atomic mass is 35.5. The van der Waals surface area contributed by atoms with Gasteiger partial charge in [0.1, 0.15) is 0 Å². The Hall–Kier alpha value is -1.54. The first kappa shape index (κ1) is 13.9.